The molecular formula is C15H26N2O2. The first-order valence-corrected chi connectivity index (χ1v) is 6.95. The predicted molar refractivity (Wildman–Crippen MR) is 79.6 cm³/mol. The molecule has 4 nitrogen and oxygen atoms in total. The molecule has 108 valence electrons. The number of nitrogens with zero attached hydrogens (tertiary/aromatic N) is 1. The van der Waals surface area contributed by atoms with Crippen LogP contribution < -0.4 is 10.6 Å². The van der Waals surface area contributed by atoms with Crippen molar-refractivity contribution in [3.05, 3.63) is 30.3 Å². The molecule has 0 spiro atoms. The molecule has 0 bridgehead atoms. The van der Waals surface area contributed by atoms with Crippen molar-refractivity contribution in [3.63, 3.8) is 0 Å². The standard InChI is InChI=1S/C15H26N2O2/c1-18-13-14-19-12-6-11-17(10-5-9-16)15-7-3-2-4-8-15/h2-4,7-8H,5-6,9-14,16H2,1H3. The van der Waals surface area contributed by atoms with E-state index in [-0.39, 0.29) is 0 Å². The Bertz CT molecular complexity index is 306. The molecule has 0 saturated carbocycles. The minimum atomic E-state index is 0.662. The van der Waals surface area contributed by atoms with Gasteiger partial charge in [-0.1, -0.05) is 18.2 Å². The zero-order valence-electron chi connectivity index (χ0n) is 11.9. The van der Waals surface area contributed by atoms with Crippen LogP contribution in [0.25, 0.3) is 0 Å². The van der Waals surface area contributed by atoms with Crippen LogP contribution in [0.15, 0.2) is 30.3 Å². The van der Waals surface area contributed by atoms with E-state index in [0.29, 0.717) is 13.2 Å². The SMILES string of the molecule is COCCOCCCN(CCCN)c1ccccc1. The first-order valence-electron chi connectivity index (χ1n) is 6.95. The first-order chi connectivity index (χ1) is 9.38. The molecule has 2 N–H and O–H groups in total. The number of para-hydroxylation sites is 1. The van der Waals surface area contributed by atoms with Gasteiger partial charge in [-0.05, 0) is 31.5 Å². The van der Waals surface area contributed by atoms with Crippen LogP contribution in [0.1, 0.15) is 12.8 Å². The van der Waals surface area contributed by atoms with E-state index >= 15 is 0 Å². The van der Waals surface area contributed by atoms with Crippen molar-refractivity contribution < 1.29 is 9.47 Å². The molecule has 0 amide bonds. The van der Waals surface area contributed by atoms with E-state index in [2.05, 4.69) is 29.2 Å². The van der Waals surface area contributed by atoms with Crippen LogP contribution >= 0.6 is 0 Å². The predicted octanol–water partition coefficient (Wildman–Crippen LogP) is 1.89. The minimum absolute atomic E-state index is 0.662. The molecule has 4 heteroatoms. The van der Waals surface area contributed by atoms with Gasteiger partial charge < -0.3 is 20.1 Å². The molecule has 1 aromatic rings. The van der Waals surface area contributed by atoms with Crippen LogP contribution in [0.5, 0.6) is 0 Å². The Morgan fingerprint density at radius 2 is 1.74 bits per heavy atom. The fraction of sp³-hybridized carbons (Fsp3) is 0.600. The van der Waals surface area contributed by atoms with Crippen molar-refractivity contribution in [2.75, 3.05) is 51.5 Å². The van der Waals surface area contributed by atoms with Gasteiger partial charge in [-0.15, -0.1) is 0 Å². The molecule has 1 rings (SSSR count). The monoisotopic (exact) mass is 266 g/mol. The van der Waals surface area contributed by atoms with E-state index in [9.17, 15) is 0 Å². The van der Waals surface area contributed by atoms with Crippen molar-refractivity contribution in [3.8, 4) is 0 Å². The molecule has 0 aliphatic rings. The average molecular weight is 266 g/mol. The summed E-state index contributed by atoms with van der Waals surface area (Å²) in [6.07, 6.45) is 2.03. The first kappa shape index (κ1) is 16.0. The van der Waals surface area contributed by atoms with Gasteiger partial charge in [0.2, 0.25) is 0 Å². The lowest BCUT2D eigenvalue weighted by atomic mass is 10.2. The molecule has 0 aliphatic heterocycles. The molecule has 0 saturated heterocycles. The summed E-state index contributed by atoms with van der Waals surface area (Å²) in [6.45, 7) is 4.83. The third-order valence-electron chi connectivity index (χ3n) is 2.90. The molecule has 19 heavy (non-hydrogen) atoms. The summed E-state index contributed by atoms with van der Waals surface area (Å²) in [7, 11) is 1.69. The summed E-state index contributed by atoms with van der Waals surface area (Å²) in [6, 6.07) is 10.5. The molecule has 0 atom stereocenters. The summed E-state index contributed by atoms with van der Waals surface area (Å²) in [5, 5.41) is 0. The summed E-state index contributed by atoms with van der Waals surface area (Å²) in [4.78, 5) is 2.37. The van der Waals surface area contributed by atoms with Gasteiger partial charge in [0.25, 0.3) is 0 Å². The summed E-state index contributed by atoms with van der Waals surface area (Å²) in [5.74, 6) is 0. The second-order valence-electron chi connectivity index (χ2n) is 4.42. The maximum atomic E-state index is 5.60. The van der Waals surface area contributed by atoms with Crippen LogP contribution in [0.3, 0.4) is 0 Å². The highest BCUT2D eigenvalue weighted by Gasteiger charge is 2.04. The van der Waals surface area contributed by atoms with Gasteiger partial charge in [0, 0.05) is 32.5 Å². The quantitative estimate of drug-likeness (QED) is 0.621. The van der Waals surface area contributed by atoms with E-state index in [1.54, 1.807) is 7.11 Å². The zero-order chi connectivity index (χ0) is 13.8. The van der Waals surface area contributed by atoms with Gasteiger partial charge >= 0.3 is 0 Å². The van der Waals surface area contributed by atoms with Crippen molar-refractivity contribution in [1.29, 1.82) is 0 Å². The number of ether oxygens (including phenoxy) is 2. The fourth-order valence-electron chi connectivity index (χ4n) is 1.89. The van der Waals surface area contributed by atoms with Crippen LogP contribution in [-0.4, -0.2) is 46.6 Å². The van der Waals surface area contributed by atoms with Crippen LogP contribution in [-0.2, 0) is 9.47 Å². The molecule has 0 fully saturated rings. The highest BCUT2D eigenvalue weighted by Crippen LogP contribution is 2.13. The van der Waals surface area contributed by atoms with Crippen LogP contribution in [0.2, 0.25) is 0 Å². The third kappa shape index (κ3) is 7.15. The average Bonchev–Trinajstić information content (AvgIpc) is 2.46. The number of hydrogen-bond acceptors (Lipinski definition) is 4. The lowest BCUT2D eigenvalue weighted by molar-refractivity contribution is 0.0700. The van der Waals surface area contributed by atoms with E-state index < -0.39 is 0 Å². The Morgan fingerprint density at radius 3 is 2.42 bits per heavy atom. The Labute approximate surface area is 116 Å². The zero-order valence-corrected chi connectivity index (χ0v) is 11.9. The Balaban J connectivity index is 2.30. The van der Waals surface area contributed by atoms with Crippen molar-refractivity contribution >= 4 is 5.69 Å². The van der Waals surface area contributed by atoms with Gasteiger partial charge in [0.1, 0.15) is 0 Å². The van der Waals surface area contributed by atoms with Gasteiger partial charge in [-0.25, -0.2) is 0 Å². The maximum absolute atomic E-state index is 5.60. The number of nitrogens with two attached hydrogens (primary N) is 1. The third-order valence-corrected chi connectivity index (χ3v) is 2.90. The number of rotatable bonds is 11. The summed E-state index contributed by atoms with van der Waals surface area (Å²) >= 11 is 0. The van der Waals surface area contributed by atoms with Gasteiger partial charge in [0.15, 0.2) is 0 Å². The van der Waals surface area contributed by atoms with Gasteiger partial charge in [-0.2, -0.15) is 0 Å². The molecule has 0 heterocycles. The second kappa shape index (κ2) is 10.8. The number of anilines is 1. The Hall–Kier alpha value is -1.10. The van der Waals surface area contributed by atoms with Gasteiger partial charge in [0.05, 0.1) is 13.2 Å². The highest BCUT2D eigenvalue weighted by molar-refractivity contribution is 5.45. The largest absolute Gasteiger partial charge is 0.382 e. The molecule has 0 radical (unpaired) electrons. The lowest BCUT2D eigenvalue weighted by Gasteiger charge is -2.24. The number of hydrogen-bond donors (Lipinski definition) is 1. The molecule has 0 aromatic heterocycles. The van der Waals surface area contributed by atoms with Crippen molar-refractivity contribution in [2.24, 2.45) is 5.73 Å². The number of methoxy groups -OCH3 is 1. The molecule has 0 unspecified atom stereocenters. The topological polar surface area (TPSA) is 47.7 Å². The Morgan fingerprint density at radius 1 is 1.00 bits per heavy atom. The fourth-order valence-corrected chi connectivity index (χ4v) is 1.89. The highest BCUT2D eigenvalue weighted by atomic mass is 16.5. The second-order valence-corrected chi connectivity index (χ2v) is 4.42. The molecule has 0 aliphatic carbocycles. The molecular weight excluding hydrogens is 240 g/mol. The van der Waals surface area contributed by atoms with Crippen LogP contribution in [0.4, 0.5) is 5.69 Å². The van der Waals surface area contributed by atoms with E-state index in [1.807, 2.05) is 6.07 Å². The smallest absolute Gasteiger partial charge is 0.0700 e. The van der Waals surface area contributed by atoms with Gasteiger partial charge in [-0.3, -0.25) is 0 Å². The number of benzene rings is 1. The van der Waals surface area contributed by atoms with Crippen molar-refractivity contribution in [2.45, 2.75) is 12.8 Å². The summed E-state index contributed by atoms with van der Waals surface area (Å²) < 4.78 is 10.4. The maximum Gasteiger partial charge on any atom is 0.0700 e. The van der Waals surface area contributed by atoms with E-state index in [4.69, 9.17) is 15.2 Å². The summed E-state index contributed by atoms with van der Waals surface area (Å²) in [5.41, 5.74) is 6.86. The van der Waals surface area contributed by atoms with Crippen LogP contribution in [0, 0.1) is 0 Å². The lowest BCUT2D eigenvalue weighted by Crippen LogP contribution is -2.28. The van der Waals surface area contributed by atoms with E-state index in [0.717, 1.165) is 39.1 Å². The minimum Gasteiger partial charge on any atom is -0.382 e. The van der Waals surface area contributed by atoms with Crippen molar-refractivity contribution in [1.82, 2.24) is 0 Å². The van der Waals surface area contributed by atoms with E-state index in [1.165, 1.54) is 5.69 Å². The Kier molecular flexibility index (Phi) is 9.06. The molecule has 1 aromatic carbocycles. The normalized spacial score (nSPS) is 10.6.